The van der Waals surface area contributed by atoms with Gasteiger partial charge in [-0.25, -0.2) is 0 Å². The zero-order chi connectivity index (χ0) is 13.5. The van der Waals surface area contributed by atoms with Crippen LogP contribution in [0.2, 0.25) is 0 Å². The first-order chi connectivity index (χ1) is 9.18. The molecule has 3 unspecified atom stereocenters. The molecule has 2 aliphatic carbocycles. The van der Waals surface area contributed by atoms with Crippen molar-refractivity contribution in [1.82, 2.24) is 10.2 Å². The van der Waals surface area contributed by atoms with Crippen molar-refractivity contribution in [2.75, 3.05) is 0 Å². The van der Waals surface area contributed by atoms with E-state index in [9.17, 15) is 4.79 Å². The Morgan fingerprint density at radius 3 is 2.53 bits per heavy atom. The summed E-state index contributed by atoms with van der Waals surface area (Å²) in [6, 6.07) is 0.485. The van der Waals surface area contributed by atoms with E-state index >= 15 is 0 Å². The lowest BCUT2D eigenvalue weighted by Gasteiger charge is -2.39. The number of carbonyl (C=O) groups is 1. The molecule has 1 amide bonds. The van der Waals surface area contributed by atoms with Crippen LogP contribution in [-0.2, 0) is 4.79 Å². The minimum absolute atomic E-state index is 0.183. The molecule has 3 rings (SSSR count). The van der Waals surface area contributed by atoms with Gasteiger partial charge in [0.2, 0.25) is 5.91 Å². The third kappa shape index (κ3) is 2.10. The van der Waals surface area contributed by atoms with E-state index in [1.165, 1.54) is 38.5 Å². The van der Waals surface area contributed by atoms with Gasteiger partial charge in [0.05, 0.1) is 11.7 Å². The summed E-state index contributed by atoms with van der Waals surface area (Å²) >= 11 is 0. The topological polar surface area (TPSA) is 32.3 Å². The molecule has 0 bridgehead atoms. The van der Waals surface area contributed by atoms with Crippen LogP contribution in [0.4, 0.5) is 0 Å². The van der Waals surface area contributed by atoms with Crippen molar-refractivity contribution in [1.29, 1.82) is 0 Å². The molecule has 3 fully saturated rings. The molecule has 1 spiro atoms. The summed E-state index contributed by atoms with van der Waals surface area (Å²) < 4.78 is 0. The van der Waals surface area contributed by atoms with E-state index in [0.717, 1.165) is 19.3 Å². The molecule has 0 aromatic carbocycles. The molecule has 3 nitrogen and oxygen atoms in total. The van der Waals surface area contributed by atoms with E-state index < -0.39 is 0 Å². The molecule has 0 radical (unpaired) electrons. The zero-order valence-electron chi connectivity index (χ0n) is 12.5. The van der Waals surface area contributed by atoms with Gasteiger partial charge in [-0.2, -0.15) is 0 Å². The van der Waals surface area contributed by atoms with Gasteiger partial charge >= 0.3 is 0 Å². The van der Waals surface area contributed by atoms with Gasteiger partial charge < -0.3 is 4.90 Å². The second-order valence-corrected chi connectivity index (χ2v) is 6.90. The SMILES string of the molecule is CCC1NC2(CCCC2)C(=O)N1C1CCCCC1C. The second-order valence-electron chi connectivity index (χ2n) is 6.90. The molecule has 1 aliphatic heterocycles. The normalized spacial score (nSPS) is 38.3. The van der Waals surface area contributed by atoms with Crippen molar-refractivity contribution in [2.24, 2.45) is 5.92 Å². The van der Waals surface area contributed by atoms with Crippen LogP contribution in [0.1, 0.15) is 71.6 Å². The summed E-state index contributed by atoms with van der Waals surface area (Å²) in [6.45, 7) is 4.54. The highest BCUT2D eigenvalue weighted by Crippen LogP contribution is 2.40. The van der Waals surface area contributed by atoms with Crippen molar-refractivity contribution in [3.05, 3.63) is 0 Å². The van der Waals surface area contributed by atoms with E-state index in [-0.39, 0.29) is 11.7 Å². The average molecular weight is 264 g/mol. The Morgan fingerprint density at radius 2 is 1.89 bits per heavy atom. The van der Waals surface area contributed by atoms with Crippen molar-refractivity contribution < 1.29 is 4.79 Å². The van der Waals surface area contributed by atoms with Gasteiger partial charge in [0.1, 0.15) is 0 Å². The Hall–Kier alpha value is -0.570. The van der Waals surface area contributed by atoms with Crippen molar-refractivity contribution in [2.45, 2.75) is 89.4 Å². The fourth-order valence-corrected chi connectivity index (χ4v) is 4.57. The Morgan fingerprint density at radius 1 is 1.21 bits per heavy atom. The summed E-state index contributed by atoms with van der Waals surface area (Å²) in [5.41, 5.74) is -0.183. The number of nitrogens with one attached hydrogen (secondary N) is 1. The van der Waals surface area contributed by atoms with Gasteiger partial charge in [-0.1, -0.05) is 39.5 Å². The van der Waals surface area contributed by atoms with Crippen molar-refractivity contribution in [3.63, 3.8) is 0 Å². The largest absolute Gasteiger partial charge is 0.322 e. The van der Waals surface area contributed by atoms with Crippen molar-refractivity contribution in [3.8, 4) is 0 Å². The second kappa shape index (κ2) is 5.08. The number of nitrogens with zero attached hydrogens (tertiary/aromatic N) is 1. The first kappa shape index (κ1) is 13.4. The molecule has 1 saturated heterocycles. The Kier molecular flexibility index (Phi) is 3.59. The van der Waals surface area contributed by atoms with Crippen LogP contribution in [-0.4, -0.2) is 28.6 Å². The molecule has 1 heterocycles. The maximum atomic E-state index is 13.0. The van der Waals surface area contributed by atoms with Gasteiger partial charge in [0, 0.05) is 6.04 Å². The van der Waals surface area contributed by atoms with Crippen LogP contribution < -0.4 is 5.32 Å². The number of rotatable bonds is 2. The molecule has 3 aliphatic rings. The number of hydrogen-bond acceptors (Lipinski definition) is 2. The highest BCUT2D eigenvalue weighted by molar-refractivity contribution is 5.89. The Bertz CT molecular complexity index is 349. The molecular weight excluding hydrogens is 236 g/mol. The fourth-order valence-electron chi connectivity index (χ4n) is 4.57. The molecule has 2 saturated carbocycles. The third-order valence-corrected chi connectivity index (χ3v) is 5.69. The molecule has 1 N–H and O–H groups in total. The highest BCUT2D eigenvalue weighted by Gasteiger charge is 2.54. The van der Waals surface area contributed by atoms with Crippen LogP contribution in [0.3, 0.4) is 0 Å². The molecule has 108 valence electrons. The van der Waals surface area contributed by atoms with E-state index in [2.05, 4.69) is 24.1 Å². The lowest BCUT2D eigenvalue weighted by atomic mass is 9.84. The quantitative estimate of drug-likeness (QED) is 0.831. The van der Waals surface area contributed by atoms with Gasteiger partial charge in [-0.05, 0) is 38.0 Å². The summed E-state index contributed by atoms with van der Waals surface area (Å²) in [4.78, 5) is 15.3. The predicted molar refractivity (Wildman–Crippen MR) is 76.7 cm³/mol. The molecule has 0 aromatic heterocycles. The van der Waals surface area contributed by atoms with Gasteiger partial charge in [0.15, 0.2) is 0 Å². The summed E-state index contributed by atoms with van der Waals surface area (Å²) in [6.07, 6.45) is 11.0. The molecule has 3 heteroatoms. The third-order valence-electron chi connectivity index (χ3n) is 5.69. The standard InChI is InChI=1S/C16H28N2O/c1-3-14-17-16(10-6-7-11-16)15(19)18(14)13-9-5-4-8-12(13)2/h12-14,17H,3-11H2,1-2H3. The van der Waals surface area contributed by atoms with E-state index in [1.54, 1.807) is 0 Å². The highest BCUT2D eigenvalue weighted by atomic mass is 16.2. The first-order valence-corrected chi connectivity index (χ1v) is 8.28. The van der Waals surface area contributed by atoms with Gasteiger partial charge in [0.25, 0.3) is 0 Å². The van der Waals surface area contributed by atoms with Crippen LogP contribution in [0.5, 0.6) is 0 Å². The maximum Gasteiger partial charge on any atom is 0.244 e. The first-order valence-electron chi connectivity index (χ1n) is 8.28. The van der Waals surface area contributed by atoms with Crippen LogP contribution in [0, 0.1) is 5.92 Å². The number of carbonyl (C=O) groups excluding carboxylic acids is 1. The summed E-state index contributed by atoms with van der Waals surface area (Å²) in [5.74, 6) is 1.10. The molecule has 3 atom stereocenters. The summed E-state index contributed by atoms with van der Waals surface area (Å²) in [7, 11) is 0. The monoisotopic (exact) mass is 264 g/mol. The Labute approximate surface area is 117 Å². The van der Waals surface area contributed by atoms with Gasteiger partial charge in [-0.3, -0.25) is 10.1 Å². The van der Waals surface area contributed by atoms with Crippen LogP contribution >= 0.6 is 0 Å². The van der Waals surface area contributed by atoms with Crippen LogP contribution in [0.15, 0.2) is 0 Å². The summed E-state index contributed by atoms with van der Waals surface area (Å²) in [5, 5.41) is 3.71. The van der Waals surface area contributed by atoms with E-state index in [0.29, 0.717) is 17.9 Å². The smallest absolute Gasteiger partial charge is 0.244 e. The predicted octanol–water partition coefficient (Wildman–Crippen LogP) is 3.05. The Balaban J connectivity index is 1.84. The van der Waals surface area contributed by atoms with E-state index in [1.807, 2.05) is 0 Å². The molecule has 0 aromatic rings. The number of amides is 1. The van der Waals surface area contributed by atoms with Crippen molar-refractivity contribution >= 4 is 5.91 Å². The maximum absolute atomic E-state index is 13.0. The minimum atomic E-state index is -0.183. The molecule has 19 heavy (non-hydrogen) atoms. The lowest BCUT2D eigenvalue weighted by molar-refractivity contribution is -0.137. The van der Waals surface area contributed by atoms with E-state index in [4.69, 9.17) is 0 Å². The van der Waals surface area contributed by atoms with Gasteiger partial charge in [-0.15, -0.1) is 0 Å². The fraction of sp³-hybridized carbons (Fsp3) is 0.938. The lowest BCUT2D eigenvalue weighted by Crippen LogP contribution is -2.49. The minimum Gasteiger partial charge on any atom is -0.322 e. The number of hydrogen-bond donors (Lipinski definition) is 1. The van der Waals surface area contributed by atoms with Crippen LogP contribution in [0.25, 0.3) is 0 Å². The average Bonchev–Trinajstić information content (AvgIpc) is 2.99. The zero-order valence-corrected chi connectivity index (χ0v) is 12.5. The molecular formula is C16H28N2O.